The molecule has 0 fully saturated rings. The summed E-state index contributed by atoms with van der Waals surface area (Å²) in [6.07, 6.45) is 4.53. The van der Waals surface area contributed by atoms with Crippen molar-refractivity contribution in [3.05, 3.63) is 59.9 Å². The second-order valence-electron chi connectivity index (χ2n) is 6.92. The number of anilines is 1. The molecule has 1 aliphatic heterocycles. The van der Waals surface area contributed by atoms with Gasteiger partial charge in [0.15, 0.2) is 16.7 Å². The third-order valence-electron chi connectivity index (χ3n) is 4.59. The highest BCUT2D eigenvalue weighted by Crippen LogP contribution is 2.32. The van der Waals surface area contributed by atoms with E-state index in [-0.39, 0.29) is 11.7 Å². The second kappa shape index (κ2) is 8.61. The predicted molar refractivity (Wildman–Crippen MR) is 114 cm³/mol. The topological polar surface area (TPSA) is 65.4 Å². The fraction of sp³-hybridized carbons (Fsp3) is 0.273. The van der Waals surface area contributed by atoms with Crippen molar-refractivity contribution < 1.29 is 14.3 Å². The van der Waals surface area contributed by atoms with Crippen molar-refractivity contribution in [2.45, 2.75) is 25.4 Å². The number of imidazole rings is 1. The quantitative estimate of drug-likeness (QED) is 0.634. The Morgan fingerprint density at radius 3 is 2.83 bits per heavy atom. The number of thioether (sulfide) groups is 1. The molecular formula is C22H23N3O3S. The molecule has 1 amide bonds. The number of hydrogen-bond acceptors (Lipinski definition) is 5. The highest BCUT2D eigenvalue weighted by atomic mass is 32.2. The second-order valence-corrected chi connectivity index (χ2v) is 7.86. The van der Waals surface area contributed by atoms with Crippen LogP contribution in [0.2, 0.25) is 0 Å². The van der Waals surface area contributed by atoms with Crippen molar-refractivity contribution >= 4 is 23.4 Å². The maximum absolute atomic E-state index is 12.5. The van der Waals surface area contributed by atoms with Crippen LogP contribution in [0.4, 0.5) is 5.69 Å². The summed E-state index contributed by atoms with van der Waals surface area (Å²) in [7, 11) is 0. The van der Waals surface area contributed by atoms with Crippen molar-refractivity contribution in [3.8, 4) is 17.2 Å². The van der Waals surface area contributed by atoms with Crippen LogP contribution in [0.1, 0.15) is 17.5 Å². The Morgan fingerprint density at radius 2 is 1.97 bits per heavy atom. The summed E-state index contributed by atoms with van der Waals surface area (Å²) in [5.41, 5.74) is 4.11. The summed E-state index contributed by atoms with van der Waals surface area (Å²) in [6, 6.07) is 11.8. The zero-order chi connectivity index (χ0) is 20.2. The van der Waals surface area contributed by atoms with Gasteiger partial charge < -0.3 is 14.8 Å². The normalized spacial score (nSPS) is 13.0. The first-order chi connectivity index (χ1) is 14.1. The Kier molecular flexibility index (Phi) is 5.76. The van der Waals surface area contributed by atoms with Crippen LogP contribution in [-0.2, 0) is 4.79 Å². The molecule has 2 heterocycles. The molecule has 0 spiro atoms. The fourth-order valence-electron chi connectivity index (χ4n) is 3.13. The standard InChI is InChI=1S/C22H23N3O3S/c1-15-4-5-16(2)18(12-15)25-9-8-23-22(25)29-14-21(26)24-17-6-7-19-20(13-17)28-11-3-10-27-19/h4-9,12-13H,3,10-11,14H2,1-2H3,(H,24,26). The lowest BCUT2D eigenvalue weighted by Gasteiger charge is -2.12. The Balaban J connectivity index is 1.42. The zero-order valence-electron chi connectivity index (χ0n) is 16.5. The van der Waals surface area contributed by atoms with E-state index >= 15 is 0 Å². The van der Waals surface area contributed by atoms with Gasteiger partial charge in [0.1, 0.15) is 0 Å². The molecule has 0 radical (unpaired) electrons. The van der Waals surface area contributed by atoms with Crippen LogP contribution in [0, 0.1) is 13.8 Å². The number of aromatic nitrogens is 2. The number of aryl methyl sites for hydroxylation is 2. The van der Waals surface area contributed by atoms with Crippen LogP contribution in [0.15, 0.2) is 53.9 Å². The Labute approximate surface area is 174 Å². The Morgan fingerprint density at radius 1 is 1.14 bits per heavy atom. The van der Waals surface area contributed by atoms with Gasteiger partial charge in [-0.05, 0) is 43.2 Å². The molecule has 7 heteroatoms. The summed E-state index contributed by atoms with van der Waals surface area (Å²) >= 11 is 1.41. The molecular weight excluding hydrogens is 386 g/mol. The molecule has 2 aromatic carbocycles. The molecule has 0 bridgehead atoms. The molecule has 1 aromatic heterocycles. The lowest BCUT2D eigenvalue weighted by molar-refractivity contribution is -0.113. The smallest absolute Gasteiger partial charge is 0.234 e. The Bertz CT molecular complexity index is 1030. The van der Waals surface area contributed by atoms with Gasteiger partial charge in [0.2, 0.25) is 5.91 Å². The Hall–Kier alpha value is -2.93. The molecule has 0 saturated carbocycles. The number of carbonyl (C=O) groups is 1. The van der Waals surface area contributed by atoms with E-state index in [1.165, 1.54) is 17.3 Å². The first kappa shape index (κ1) is 19.4. The van der Waals surface area contributed by atoms with Crippen molar-refractivity contribution in [1.29, 1.82) is 0 Å². The largest absolute Gasteiger partial charge is 0.490 e. The number of nitrogens with zero attached hydrogens (tertiary/aromatic N) is 2. The summed E-state index contributed by atoms with van der Waals surface area (Å²) in [5, 5.41) is 3.71. The molecule has 0 aliphatic carbocycles. The van der Waals surface area contributed by atoms with E-state index in [1.807, 2.05) is 22.9 Å². The molecule has 4 rings (SSSR count). The summed E-state index contributed by atoms with van der Waals surface area (Å²) in [6.45, 7) is 5.39. The van der Waals surface area contributed by atoms with Crippen LogP contribution >= 0.6 is 11.8 Å². The summed E-state index contributed by atoms with van der Waals surface area (Å²) < 4.78 is 13.3. The zero-order valence-corrected chi connectivity index (χ0v) is 17.3. The molecule has 0 atom stereocenters. The average molecular weight is 410 g/mol. The van der Waals surface area contributed by atoms with Gasteiger partial charge in [0, 0.05) is 30.6 Å². The molecule has 150 valence electrons. The highest BCUT2D eigenvalue weighted by molar-refractivity contribution is 7.99. The molecule has 0 unspecified atom stereocenters. The molecule has 1 aliphatic rings. The van der Waals surface area contributed by atoms with E-state index in [0.717, 1.165) is 22.8 Å². The first-order valence-electron chi connectivity index (χ1n) is 9.53. The predicted octanol–water partition coefficient (Wildman–Crippen LogP) is 4.38. The van der Waals surface area contributed by atoms with E-state index in [9.17, 15) is 4.79 Å². The van der Waals surface area contributed by atoms with Gasteiger partial charge in [0.25, 0.3) is 0 Å². The van der Waals surface area contributed by atoms with Crippen LogP contribution in [0.3, 0.4) is 0 Å². The molecule has 6 nitrogen and oxygen atoms in total. The number of ether oxygens (including phenoxy) is 2. The average Bonchev–Trinajstić information content (AvgIpc) is 3.05. The molecule has 3 aromatic rings. The van der Waals surface area contributed by atoms with E-state index in [1.54, 1.807) is 12.3 Å². The number of rotatable bonds is 5. The van der Waals surface area contributed by atoms with Gasteiger partial charge >= 0.3 is 0 Å². The van der Waals surface area contributed by atoms with E-state index in [4.69, 9.17) is 9.47 Å². The van der Waals surface area contributed by atoms with Crippen molar-refractivity contribution in [2.24, 2.45) is 0 Å². The van der Waals surface area contributed by atoms with Crippen LogP contribution < -0.4 is 14.8 Å². The van der Waals surface area contributed by atoms with Crippen molar-refractivity contribution in [1.82, 2.24) is 9.55 Å². The van der Waals surface area contributed by atoms with Gasteiger partial charge in [-0.1, -0.05) is 23.9 Å². The third kappa shape index (κ3) is 4.56. The van der Waals surface area contributed by atoms with E-state index < -0.39 is 0 Å². The van der Waals surface area contributed by atoms with E-state index in [0.29, 0.717) is 30.4 Å². The van der Waals surface area contributed by atoms with Gasteiger partial charge in [-0.2, -0.15) is 0 Å². The number of benzene rings is 2. The number of hydrogen-bond donors (Lipinski definition) is 1. The van der Waals surface area contributed by atoms with Gasteiger partial charge in [-0.15, -0.1) is 0 Å². The fourth-order valence-corrected chi connectivity index (χ4v) is 3.89. The van der Waals surface area contributed by atoms with Crippen molar-refractivity contribution in [2.75, 3.05) is 24.3 Å². The summed E-state index contributed by atoms with van der Waals surface area (Å²) in [5.74, 6) is 1.54. The third-order valence-corrected chi connectivity index (χ3v) is 5.56. The van der Waals surface area contributed by atoms with Crippen LogP contribution in [0.25, 0.3) is 5.69 Å². The number of fused-ring (bicyclic) bond motifs is 1. The molecule has 0 saturated heterocycles. The monoisotopic (exact) mass is 409 g/mol. The first-order valence-corrected chi connectivity index (χ1v) is 10.5. The molecule has 29 heavy (non-hydrogen) atoms. The summed E-state index contributed by atoms with van der Waals surface area (Å²) in [4.78, 5) is 16.9. The minimum Gasteiger partial charge on any atom is -0.490 e. The van der Waals surface area contributed by atoms with Gasteiger partial charge in [-0.3, -0.25) is 9.36 Å². The number of carbonyl (C=O) groups excluding carboxylic acids is 1. The number of amides is 1. The van der Waals surface area contributed by atoms with E-state index in [2.05, 4.69) is 42.3 Å². The minimum atomic E-state index is -0.0972. The lowest BCUT2D eigenvalue weighted by atomic mass is 10.1. The number of nitrogens with one attached hydrogen (secondary N) is 1. The molecule has 1 N–H and O–H groups in total. The van der Waals surface area contributed by atoms with Crippen molar-refractivity contribution in [3.63, 3.8) is 0 Å². The van der Waals surface area contributed by atoms with Crippen LogP contribution in [-0.4, -0.2) is 34.4 Å². The SMILES string of the molecule is Cc1ccc(C)c(-n2ccnc2SCC(=O)Nc2ccc3c(c2)OCCCO3)c1. The highest BCUT2D eigenvalue weighted by Gasteiger charge is 2.14. The van der Waals surface area contributed by atoms with Gasteiger partial charge in [-0.25, -0.2) is 4.98 Å². The maximum atomic E-state index is 12.5. The van der Waals surface area contributed by atoms with Gasteiger partial charge in [0.05, 0.1) is 24.7 Å². The maximum Gasteiger partial charge on any atom is 0.234 e. The van der Waals surface area contributed by atoms with Crippen LogP contribution in [0.5, 0.6) is 11.5 Å². The lowest BCUT2D eigenvalue weighted by Crippen LogP contribution is -2.14. The minimum absolute atomic E-state index is 0.0972.